The number of aliphatic hydroxyl groups is 1. The van der Waals surface area contributed by atoms with Crippen molar-refractivity contribution in [2.75, 3.05) is 25.5 Å². The standard InChI is InChI=1S/C25H24F3N5O4S/c1-14-32-21-6-4-18(9-22(21)38-14)36-12-17(34)11-33(30)24(35)19-8-15(2-5-20(19)29)16-3-7-23(31-10-16)37-13-25(26,27)28/h2-10,17,34H,11-13,29-30H2,1H3. The Morgan fingerprint density at radius 3 is 2.61 bits per heavy atom. The van der Waals surface area contributed by atoms with Crippen molar-refractivity contribution in [2.45, 2.75) is 19.2 Å². The first-order chi connectivity index (χ1) is 18.0. The van der Waals surface area contributed by atoms with Crippen LogP contribution in [0.15, 0.2) is 54.7 Å². The summed E-state index contributed by atoms with van der Waals surface area (Å²) in [6.45, 7) is 0.129. The number of nitrogens with zero attached hydrogens (tertiary/aromatic N) is 3. The number of halogens is 3. The number of aryl methyl sites for hydroxylation is 1. The van der Waals surface area contributed by atoms with Crippen molar-refractivity contribution in [3.05, 3.63) is 65.3 Å². The van der Waals surface area contributed by atoms with Crippen LogP contribution in [-0.4, -0.2) is 58.0 Å². The Kier molecular flexibility index (Phi) is 7.99. The Labute approximate surface area is 219 Å². The fourth-order valence-electron chi connectivity index (χ4n) is 3.53. The van der Waals surface area contributed by atoms with Gasteiger partial charge in [0.05, 0.1) is 27.3 Å². The van der Waals surface area contributed by atoms with E-state index in [2.05, 4.69) is 14.7 Å². The van der Waals surface area contributed by atoms with Crippen molar-refractivity contribution in [1.29, 1.82) is 0 Å². The van der Waals surface area contributed by atoms with E-state index in [0.717, 1.165) is 20.2 Å². The number of anilines is 1. The number of aromatic nitrogens is 2. The highest BCUT2D eigenvalue weighted by molar-refractivity contribution is 7.18. The van der Waals surface area contributed by atoms with E-state index < -0.39 is 24.8 Å². The number of amides is 1. The average molecular weight is 548 g/mol. The highest BCUT2D eigenvalue weighted by atomic mass is 32.1. The zero-order valence-corrected chi connectivity index (χ0v) is 20.9. The van der Waals surface area contributed by atoms with Gasteiger partial charge in [-0.15, -0.1) is 11.3 Å². The van der Waals surface area contributed by atoms with Crippen LogP contribution in [0.5, 0.6) is 11.6 Å². The van der Waals surface area contributed by atoms with E-state index in [1.165, 1.54) is 41.8 Å². The molecule has 0 aliphatic rings. The molecule has 5 N–H and O–H groups in total. The Hall–Kier alpha value is -3.94. The van der Waals surface area contributed by atoms with Gasteiger partial charge in [-0.1, -0.05) is 6.07 Å². The van der Waals surface area contributed by atoms with Gasteiger partial charge in [-0.3, -0.25) is 9.80 Å². The molecule has 2 heterocycles. The van der Waals surface area contributed by atoms with Crippen molar-refractivity contribution in [2.24, 2.45) is 5.84 Å². The summed E-state index contributed by atoms with van der Waals surface area (Å²) >= 11 is 1.53. The number of hydrogen-bond acceptors (Lipinski definition) is 9. The summed E-state index contributed by atoms with van der Waals surface area (Å²) in [4.78, 5) is 21.2. The molecule has 4 aromatic rings. The van der Waals surface area contributed by atoms with Gasteiger partial charge in [0.2, 0.25) is 5.88 Å². The van der Waals surface area contributed by atoms with Gasteiger partial charge in [0.25, 0.3) is 5.91 Å². The van der Waals surface area contributed by atoms with E-state index in [-0.39, 0.29) is 30.3 Å². The number of carbonyl (C=O) groups excluding carboxylic acids is 1. The molecular weight excluding hydrogens is 523 g/mol. The number of alkyl halides is 3. The molecule has 1 unspecified atom stereocenters. The van der Waals surface area contributed by atoms with E-state index in [0.29, 0.717) is 16.9 Å². The Morgan fingerprint density at radius 2 is 1.89 bits per heavy atom. The molecule has 0 bridgehead atoms. The van der Waals surface area contributed by atoms with Crippen molar-refractivity contribution < 1.29 is 32.5 Å². The molecule has 1 atom stereocenters. The molecule has 0 aliphatic carbocycles. The Balaban J connectivity index is 1.37. The van der Waals surface area contributed by atoms with Crippen LogP contribution in [0.25, 0.3) is 21.3 Å². The molecule has 4 rings (SSSR count). The van der Waals surface area contributed by atoms with Crippen molar-refractivity contribution >= 4 is 33.1 Å². The molecule has 0 aliphatic heterocycles. The van der Waals surface area contributed by atoms with Crippen molar-refractivity contribution in [3.63, 3.8) is 0 Å². The fourth-order valence-corrected chi connectivity index (χ4v) is 4.39. The van der Waals surface area contributed by atoms with Crippen LogP contribution in [-0.2, 0) is 0 Å². The van der Waals surface area contributed by atoms with Crippen LogP contribution in [0, 0.1) is 6.92 Å². The number of hydrogen-bond donors (Lipinski definition) is 3. The SMILES string of the molecule is Cc1nc2ccc(OCC(O)CN(N)C(=O)c3cc(-c4ccc(OCC(F)(F)F)nc4)ccc3N)cc2s1. The topological polar surface area (TPSA) is 137 Å². The van der Waals surface area contributed by atoms with E-state index in [9.17, 15) is 23.1 Å². The second kappa shape index (κ2) is 11.2. The summed E-state index contributed by atoms with van der Waals surface area (Å²) in [6.07, 6.45) is -4.24. The normalized spacial score (nSPS) is 12.4. The highest BCUT2D eigenvalue weighted by Gasteiger charge is 2.28. The lowest BCUT2D eigenvalue weighted by atomic mass is 10.0. The van der Waals surface area contributed by atoms with Gasteiger partial charge in [0.1, 0.15) is 18.5 Å². The number of carbonyl (C=O) groups is 1. The molecule has 38 heavy (non-hydrogen) atoms. The van der Waals surface area contributed by atoms with Crippen LogP contribution < -0.4 is 21.1 Å². The van der Waals surface area contributed by atoms with Gasteiger partial charge in [-0.25, -0.2) is 15.8 Å². The first kappa shape index (κ1) is 27.1. The van der Waals surface area contributed by atoms with E-state index in [1.807, 2.05) is 19.1 Å². The first-order valence-corrected chi connectivity index (χ1v) is 12.1. The predicted molar refractivity (Wildman–Crippen MR) is 137 cm³/mol. The number of pyridine rings is 1. The smallest absolute Gasteiger partial charge is 0.422 e. The van der Waals surface area contributed by atoms with Crippen LogP contribution >= 0.6 is 11.3 Å². The molecule has 0 radical (unpaired) electrons. The lowest BCUT2D eigenvalue weighted by Crippen LogP contribution is -2.44. The third-order valence-corrected chi connectivity index (χ3v) is 6.25. The monoisotopic (exact) mass is 547 g/mol. The zero-order valence-electron chi connectivity index (χ0n) is 20.1. The third-order valence-electron chi connectivity index (χ3n) is 5.31. The van der Waals surface area contributed by atoms with Gasteiger partial charge in [0, 0.05) is 23.5 Å². The molecular formula is C25H24F3N5O4S. The minimum atomic E-state index is -4.48. The summed E-state index contributed by atoms with van der Waals surface area (Å²) in [7, 11) is 0. The number of fused-ring (bicyclic) bond motifs is 1. The van der Waals surface area contributed by atoms with E-state index in [4.69, 9.17) is 16.3 Å². The third kappa shape index (κ3) is 6.88. The summed E-state index contributed by atoms with van der Waals surface area (Å²) in [6, 6.07) is 12.8. The van der Waals surface area contributed by atoms with E-state index in [1.54, 1.807) is 12.1 Å². The quantitative estimate of drug-likeness (QED) is 0.124. The van der Waals surface area contributed by atoms with Gasteiger partial charge in [0.15, 0.2) is 6.61 Å². The molecule has 200 valence electrons. The summed E-state index contributed by atoms with van der Waals surface area (Å²) < 4.78 is 48.2. The number of benzene rings is 2. The maximum absolute atomic E-state index is 13.0. The number of rotatable bonds is 9. The average Bonchev–Trinajstić information content (AvgIpc) is 3.25. The number of hydrazine groups is 1. The van der Waals surface area contributed by atoms with Crippen LogP contribution in [0.2, 0.25) is 0 Å². The van der Waals surface area contributed by atoms with Gasteiger partial charge >= 0.3 is 6.18 Å². The van der Waals surface area contributed by atoms with Crippen LogP contribution in [0.3, 0.4) is 0 Å². The number of aliphatic hydroxyl groups excluding tert-OH is 1. The van der Waals surface area contributed by atoms with Crippen molar-refractivity contribution in [1.82, 2.24) is 15.0 Å². The first-order valence-electron chi connectivity index (χ1n) is 11.3. The minimum absolute atomic E-state index is 0.0848. The molecule has 13 heteroatoms. The molecule has 0 spiro atoms. The number of ether oxygens (including phenoxy) is 2. The summed E-state index contributed by atoms with van der Waals surface area (Å²) in [5.41, 5.74) is 8.14. The molecule has 2 aromatic heterocycles. The molecule has 0 saturated heterocycles. The summed E-state index contributed by atoms with van der Waals surface area (Å²) in [5.74, 6) is 5.65. The van der Waals surface area contributed by atoms with Crippen LogP contribution in [0.1, 0.15) is 15.4 Å². The maximum Gasteiger partial charge on any atom is 0.422 e. The molecule has 1 amide bonds. The second-order valence-corrected chi connectivity index (χ2v) is 9.61. The summed E-state index contributed by atoms with van der Waals surface area (Å²) in [5, 5.41) is 12.2. The lowest BCUT2D eigenvalue weighted by molar-refractivity contribution is -0.154. The molecule has 0 fully saturated rings. The number of nitrogen functional groups attached to an aromatic ring is 1. The van der Waals surface area contributed by atoms with Crippen molar-refractivity contribution in [3.8, 4) is 22.8 Å². The molecule has 0 saturated carbocycles. The highest BCUT2D eigenvalue weighted by Crippen LogP contribution is 2.27. The Morgan fingerprint density at radius 1 is 1.13 bits per heavy atom. The second-order valence-electron chi connectivity index (χ2n) is 8.38. The number of thiazole rings is 1. The van der Waals surface area contributed by atoms with Crippen LogP contribution in [0.4, 0.5) is 18.9 Å². The fraction of sp³-hybridized carbons (Fsp3) is 0.240. The molecule has 9 nitrogen and oxygen atoms in total. The maximum atomic E-state index is 13.0. The van der Waals surface area contributed by atoms with Gasteiger partial charge in [-0.05, 0) is 48.9 Å². The largest absolute Gasteiger partial charge is 0.491 e. The Bertz CT molecular complexity index is 1430. The van der Waals surface area contributed by atoms with Gasteiger partial charge in [-0.2, -0.15) is 13.2 Å². The lowest BCUT2D eigenvalue weighted by Gasteiger charge is -2.21. The minimum Gasteiger partial charge on any atom is -0.491 e. The van der Waals surface area contributed by atoms with Gasteiger partial charge < -0.3 is 20.3 Å². The predicted octanol–water partition coefficient (Wildman–Crippen LogP) is 3.95. The number of nitrogens with two attached hydrogens (primary N) is 2. The van der Waals surface area contributed by atoms with E-state index >= 15 is 0 Å². The molecule has 2 aromatic carbocycles. The zero-order chi connectivity index (χ0) is 27.4.